The maximum Gasteiger partial charge on any atom is 0.252 e. The van der Waals surface area contributed by atoms with Crippen molar-refractivity contribution in [3.05, 3.63) is 78.0 Å². The molecular weight excluding hydrogens is 328 g/mol. The summed E-state index contributed by atoms with van der Waals surface area (Å²) in [5.41, 5.74) is 1.51. The van der Waals surface area contributed by atoms with Crippen molar-refractivity contribution in [2.45, 2.75) is 24.9 Å². The number of aryl methyl sites for hydroxylation is 1. The first-order chi connectivity index (χ1) is 12.7. The minimum atomic E-state index is -1.02. The second-order valence-electron chi connectivity index (χ2n) is 6.60. The number of rotatable bonds is 4. The Morgan fingerprint density at radius 1 is 1.27 bits per heavy atom. The Morgan fingerprint density at radius 2 is 2.15 bits per heavy atom. The number of carbonyl (C=O) groups is 1. The molecule has 0 bridgehead atoms. The van der Waals surface area contributed by atoms with Gasteiger partial charge in [-0.25, -0.2) is 9.97 Å². The van der Waals surface area contributed by atoms with Crippen LogP contribution in [0.2, 0.25) is 0 Å². The molecule has 6 nitrogen and oxygen atoms in total. The van der Waals surface area contributed by atoms with E-state index in [1.807, 2.05) is 24.3 Å². The predicted octanol–water partition coefficient (Wildman–Crippen LogP) is 2.22. The molecule has 6 heteroatoms. The van der Waals surface area contributed by atoms with E-state index in [9.17, 15) is 9.90 Å². The van der Waals surface area contributed by atoms with Crippen molar-refractivity contribution in [3.8, 4) is 5.82 Å². The van der Waals surface area contributed by atoms with Gasteiger partial charge in [0.05, 0.1) is 12.1 Å². The summed E-state index contributed by atoms with van der Waals surface area (Å²) in [6, 6.07) is 11.4. The first-order valence-corrected chi connectivity index (χ1v) is 8.69. The van der Waals surface area contributed by atoms with Crippen LogP contribution in [0, 0.1) is 0 Å². The fourth-order valence-corrected chi connectivity index (χ4v) is 3.48. The Hall–Kier alpha value is -2.99. The second kappa shape index (κ2) is 6.72. The molecule has 1 aliphatic rings. The van der Waals surface area contributed by atoms with Crippen LogP contribution < -0.4 is 5.32 Å². The fraction of sp³-hybridized carbons (Fsp3) is 0.250. The van der Waals surface area contributed by atoms with Gasteiger partial charge in [0.2, 0.25) is 0 Å². The van der Waals surface area contributed by atoms with Crippen LogP contribution >= 0.6 is 0 Å². The Morgan fingerprint density at radius 3 is 2.92 bits per heavy atom. The summed E-state index contributed by atoms with van der Waals surface area (Å²) < 4.78 is 1.77. The molecule has 2 heterocycles. The standard InChI is InChI=1S/C20H20N4O2/c25-19(16-7-8-18(22-12-16)24-11-10-21-14-24)23-13-20(26)9-3-5-15-4-1-2-6-17(15)20/h1-2,4,6-8,10-12,14,26H,3,5,9,13H2,(H,23,25)/t20-/m1/s1. The number of nitrogens with zero attached hydrogens (tertiary/aromatic N) is 3. The normalized spacial score (nSPS) is 19.0. The molecule has 0 saturated heterocycles. The Bertz CT molecular complexity index is 906. The van der Waals surface area contributed by atoms with Crippen molar-refractivity contribution in [2.75, 3.05) is 6.54 Å². The third-order valence-electron chi connectivity index (χ3n) is 4.88. The lowest BCUT2D eigenvalue weighted by molar-refractivity contribution is 0.0189. The van der Waals surface area contributed by atoms with Crippen LogP contribution in [0.25, 0.3) is 5.82 Å². The number of fused-ring (bicyclic) bond motifs is 1. The van der Waals surface area contributed by atoms with Crippen molar-refractivity contribution >= 4 is 5.91 Å². The topological polar surface area (TPSA) is 80.0 Å². The first-order valence-electron chi connectivity index (χ1n) is 8.69. The highest BCUT2D eigenvalue weighted by Crippen LogP contribution is 2.34. The summed E-state index contributed by atoms with van der Waals surface area (Å²) >= 11 is 0. The Balaban J connectivity index is 1.46. The molecule has 1 aromatic carbocycles. The van der Waals surface area contributed by atoms with E-state index >= 15 is 0 Å². The lowest BCUT2D eigenvalue weighted by Gasteiger charge is -2.34. The van der Waals surface area contributed by atoms with E-state index < -0.39 is 5.60 Å². The maximum absolute atomic E-state index is 12.5. The van der Waals surface area contributed by atoms with Crippen molar-refractivity contribution in [1.82, 2.24) is 19.9 Å². The van der Waals surface area contributed by atoms with Crippen LogP contribution in [0.15, 0.2) is 61.3 Å². The van der Waals surface area contributed by atoms with Crippen LogP contribution in [0.5, 0.6) is 0 Å². The zero-order chi connectivity index (χ0) is 18.0. The second-order valence-corrected chi connectivity index (χ2v) is 6.60. The number of pyridine rings is 1. The number of imidazole rings is 1. The van der Waals surface area contributed by atoms with Gasteiger partial charge in [0, 0.05) is 18.6 Å². The number of benzene rings is 1. The lowest BCUT2D eigenvalue weighted by Crippen LogP contribution is -2.43. The maximum atomic E-state index is 12.5. The third kappa shape index (κ3) is 3.11. The summed E-state index contributed by atoms with van der Waals surface area (Å²) in [6.45, 7) is 0.187. The zero-order valence-corrected chi connectivity index (χ0v) is 14.3. The van der Waals surface area contributed by atoms with Gasteiger partial charge in [0.15, 0.2) is 0 Å². The SMILES string of the molecule is O=C(NC[C@]1(O)CCCc2ccccc21)c1ccc(-n2ccnc2)nc1. The molecule has 0 unspecified atom stereocenters. The van der Waals surface area contributed by atoms with Crippen LogP contribution in [0.3, 0.4) is 0 Å². The molecule has 0 aliphatic heterocycles. The summed E-state index contributed by atoms with van der Waals surface area (Å²) in [4.78, 5) is 20.7. The molecule has 0 saturated carbocycles. The van der Waals surface area contributed by atoms with E-state index in [1.54, 1.807) is 35.4 Å². The van der Waals surface area contributed by atoms with Gasteiger partial charge in [-0.05, 0) is 42.5 Å². The Labute approximate surface area is 151 Å². The van der Waals surface area contributed by atoms with E-state index in [0.717, 1.165) is 24.0 Å². The fourth-order valence-electron chi connectivity index (χ4n) is 3.48. The quantitative estimate of drug-likeness (QED) is 0.758. The number of amides is 1. The highest BCUT2D eigenvalue weighted by atomic mass is 16.3. The number of carbonyl (C=O) groups excluding carboxylic acids is 1. The summed E-state index contributed by atoms with van der Waals surface area (Å²) in [6.07, 6.45) is 9.16. The van der Waals surface area contributed by atoms with Gasteiger partial charge in [-0.1, -0.05) is 24.3 Å². The molecule has 1 atom stereocenters. The molecule has 132 valence electrons. The third-order valence-corrected chi connectivity index (χ3v) is 4.88. The minimum Gasteiger partial charge on any atom is -0.383 e. The molecule has 4 rings (SSSR count). The molecule has 3 aromatic rings. The average molecular weight is 348 g/mol. The number of nitrogens with one attached hydrogen (secondary N) is 1. The molecule has 1 aliphatic carbocycles. The van der Waals surface area contributed by atoms with E-state index in [1.165, 1.54) is 6.20 Å². The first kappa shape index (κ1) is 16.5. The van der Waals surface area contributed by atoms with Gasteiger partial charge in [-0.3, -0.25) is 9.36 Å². The van der Waals surface area contributed by atoms with Crippen molar-refractivity contribution in [3.63, 3.8) is 0 Å². The number of hydrogen-bond donors (Lipinski definition) is 2. The van der Waals surface area contributed by atoms with Gasteiger partial charge >= 0.3 is 0 Å². The van der Waals surface area contributed by atoms with Crippen LogP contribution in [-0.4, -0.2) is 32.1 Å². The van der Waals surface area contributed by atoms with Gasteiger partial charge in [-0.15, -0.1) is 0 Å². The molecule has 0 fully saturated rings. The van der Waals surface area contributed by atoms with Crippen LogP contribution in [0.1, 0.15) is 34.3 Å². The molecule has 2 N–H and O–H groups in total. The van der Waals surface area contributed by atoms with Crippen molar-refractivity contribution in [1.29, 1.82) is 0 Å². The van der Waals surface area contributed by atoms with Crippen LogP contribution in [0.4, 0.5) is 0 Å². The summed E-state index contributed by atoms with van der Waals surface area (Å²) in [5.74, 6) is 0.449. The van der Waals surface area contributed by atoms with E-state index in [2.05, 4.69) is 15.3 Å². The molecule has 1 amide bonds. The van der Waals surface area contributed by atoms with Crippen molar-refractivity contribution < 1.29 is 9.90 Å². The minimum absolute atomic E-state index is 0.187. The average Bonchev–Trinajstić information content (AvgIpc) is 3.22. The molecule has 0 radical (unpaired) electrons. The van der Waals surface area contributed by atoms with Gasteiger partial charge in [0.1, 0.15) is 17.7 Å². The van der Waals surface area contributed by atoms with Crippen molar-refractivity contribution in [2.24, 2.45) is 0 Å². The molecular formula is C20H20N4O2. The molecule has 0 spiro atoms. The Kier molecular flexibility index (Phi) is 4.26. The highest BCUT2D eigenvalue weighted by molar-refractivity contribution is 5.94. The summed E-state index contributed by atoms with van der Waals surface area (Å²) in [7, 11) is 0. The number of aromatic nitrogens is 3. The number of aliphatic hydroxyl groups is 1. The van der Waals surface area contributed by atoms with Gasteiger partial charge < -0.3 is 10.4 Å². The van der Waals surface area contributed by atoms with E-state index in [-0.39, 0.29) is 12.5 Å². The predicted molar refractivity (Wildman–Crippen MR) is 97.0 cm³/mol. The zero-order valence-electron chi connectivity index (χ0n) is 14.3. The smallest absolute Gasteiger partial charge is 0.252 e. The summed E-state index contributed by atoms with van der Waals surface area (Å²) in [5, 5.41) is 13.9. The largest absolute Gasteiger partial charge is 0.383 e. The monoisotopic (exact) mass is 348 g/mol. The lowest BCUT2D eigenvalue weighted by atomic mass is 9.79. The molecule has 2 aromatic heterocycles. The van der Waals surface area contributed by atoms with Gasteiger partial charge in [-0.2, -0.15) is 0 Å². The van der Waals surface area contributed by atoms with Gasteiger partial charge in [0.25, 0.3) is 5.91 Å². The van der Waals surface area contributed by atoms with Crippen LogP contribution in [-0.2, 0) is 12.0 Å². The number of hydrogen-bond acceptors (Lipinski definition) is 4. The van der Waals surface area contributed by atoms with E-state index in [4.69, 9.17) is 0 Å². The van der Waals surface area contributed by atoms with E-state index in [0.29, 0.717) is 17.8 Å². The molecule has 26 heavy (non-hydrogen) atoms. The highest BCUT2D eigenvalue weighted by Gasteiger charge is 2.34.